The lowest BCUT2D eigenvalue weighted by atomic mass is 10.1. The molecule has 0 aliphatic carbocycles. The molecule has 0 spiro atoms. The molecule has 2 rings (SSSR count). The van der Waals surface area contributed by atoms with Crippen LogP contribution in [0.2, 0.25) is 0 Å². The Kier molecular flexibility index (Phi) is 4.52. The van der Waals surface area contributed by atoms with Crippen molar-refractivity contribution in [1.29, 1.82) is 0 Å². The highest BCUT2D eigenvalue weighted by atomic mass is 16.5. The van der Waals surface area contributed by atoms with Crippen LogP contribution in [0.5, 0.6) is 5.75 Å². The molecule has 1 fully saturated rings. The minimum atomic E-state index is -1.03. The molecule has 5 nitrogen and oxygen atoms in total. The molecule has 1 saturated heterocycles. The van der Waals surface area contributed by atoms with Gasteiger partial charge in [0.2, 0.25) is 0 Å². The first-order valence-corrected chi connectivity index (χ1v) is 6.42. The number of carbonyl (C=O) groups is 2. The normalized spacial score (nSPS) is 18.2. The molecule has 1 aliphatic rings. The Hall–Kier alpha value is -1.88. The number of hydrogen-bond acceptors (Lipinski definition) is 4. The van der Waals surface area contributed by atoms with Gasteiger partial charge in [0.15, 0.2) is 0 Å². The maximum atomic E-state index is 11.7. The van der Waals surface area contributed by atoms with Crippen molar-refractivity contribution in [2.45, 2.75) is 31.7 Å². The van der Waals surface area contributed by atoms with E-state index >= 15 is 0 Å². The van der Waals surface area contributed by atoms with E-state index in [4.69, 9.17) is 9.84 Å². The van der Waals surface area contributed by atoms with Gasteiger partial charge in [0.1, 0.15) is 5.75 Å². The number of esters is 1. The number of nitrogens with one attached hydrogen (secondary N) is 1. The van der Waals surface area contributed by atoms with E-state index < -0.39 is 5.97 Å². The predicted octanol–water partition coefficient (Wildman–Crippen LogP) is 1.82. The fraction of sp³-hybridized carbons (Fsp3) is 0.429. The van der Waals surface area contributed by atoms with Gasteiger partial charge in [0.05, 0.1) is 5.56 Å². The van der Waals surface area contributed by atoms with Crippen molar-refractivity contribution in [2.75, 3.05) is 6.54 Å². The number of benzene rings is 1. The molecule has 1 aromatic carbocycles. The minimum absolute atomic E-state index is 0.114. The number of aromatic carboxylic acids is 1. The van der Waals surface area contributed by atoms with Crippen molar-refractivity contribution >= 4 is 11.9 Å². The fourth-order valence-electron chi connectivity index (χ4n) is 2.17. The fourth-order valence-corrected chi connectivity index (χ4v) is 2.17. The number of carboxylic acids is 1. The van der Waals surface area contributed by atoms with E-state index in [9.17, 15) is 9.59 Å². The van der Waals surface area contributed by atoms with E-state index in [1.54, 1.807) is 12.1 Å². The van der Waals surface area contributed by atoms with Gasteiger partial charge >= 0.3 is 11.9 Å². The van der Waals surface area contributed by atoms with Crippen LogP contribution < -0.4 is 10.1 Å². The predicted molar refractivity (Wildman–Crippen MR) is 69.3 cm³/mol. The third kappa shape index (κ3) is 4.06. The van der Waals surface area contributed by atoms with Crippen LogP contribution in [0.3, 0.4) is 0 Å². The summed E-state index contributed by atoms with van der Waals surface area (Å²) in [5, 5.41) is 12.2. The largest absolute Gasteiger partial charge is 0.478 e. The summed E-state index contributed by atoms with van der Waals surface area (Å²) in [4.78, 5) is 22.4. The zero-order valence-corrected chi connectivity index (χ0v) is 10.6. The molecule has 1 atom stereocenters. The second-order valence-corrected chi connectivity index (χ2v) is 4.64. The van der Waals surface area contributed by atoms with E-state index in [2.05, 4.69) is 5.32 Å². The number of carboxylic acid groups (broad SMARTS) is 1. The van der Waals surface area contributed by atoms with Crippen LogP contribution in [-0.2, 0) is 4.79 Å². The van der Waals surface area contributed by atoms with Crippen LogP contribution in [0.15, 0.2) is 24.3 Å². The summed E-state index contributed by atoms with van der Waals surface area (Å²) in [6, 6.07) is 6.36. The summed E-state index contributed by atoms with van der Waals surface area (Å²) in [7, 11) is 0. The Morgan fingerprint density at radius 2 is 2.26 bits per heavy atom. The van der Waals surface area contributed by atoms with Crippen LogP contribution in [0.25, 0.3) is 0 Å². The molecular weight excluding hydrogens is 246 g/mol. The van der Waals surface area contributed by atoms with Crippen molar-refractivity contribution in [2.24, 2.45) is 0 Å². The average molecular weight is 263 g/mol. The molecule has 1 heterocycles. The summed E-state index contributed by atoms with van der Waals surface area (Å²) in [5.41, 5.74) is 0.114. The molecule has 0 radical (unpaired) electrons. The van der Waals surface area contributed by atoms with Gasteiger partial charge in [-0.3, -0.25) is 4.79 Å². The molecule has 0 aromatic heterocycles. The third-order valence-corrected chi connectivity index (χ3v) is 3.17. The van der Waals surface area contributed by atoms with Crippen LogP contribution in [0, 0.1) is 0 Å². The van der Waals surface area contributed by atoms with Gasteiger partial charge in [0.25, 0.3) is 0 Å². The SMILES string of the molecule is O=C(CCC1CCCN1)Oc1cccc(C(=O)O)c1. The summed E-state index contributed by atoms with van der Waals surface area (Å²) in [5.74, 6) is -1.08. The lowest BCUT2D eigenvalue weighted by Gasteiger charge is -2.09. The molecule has 0 saturated carbocycles. The summed E-state index contributed by atoms with van der Waals surface area (Å²) in [6.45, 7) is 1.01. The van der Waals surface area contributed by atoms with Gasteiger partial charge in [-0.2, -0.15) is 0 Å². The second kappa shape index (κ2) is 6.33. The van der Waals surface area contributed by atoms with E-state index in [-0.39, 0.29) is 17.3 Å². The maximum absolute atomic E-state index is 11.7. The highest BCUT2D eigenvalue weighted by Gasteiger charge is 2.16. The van der Waals surface area contributed by atoms with Gasteiger partial charge in [-0.05, 0) is 44.0 Å². The Morgan fingerprint density at radius 3 is 2.95 bits per heavy atom. The van der Waals surface area contributed by atoms with Crippen molar-refractivity contribution in [3.05, 3.63) is 29.8 Å². The van der Waals surface area contributed by atoms with Gasteiger partial charge in [0, 0.05) is 12.5 Å². The zero-order chi connectivity index (χ0) is 13.7. The van der Waals surface area contributed by atoms with E-state index in [1.165, 1.54) is 12.1 Å². The summed E-state index contributed by atoms with van der Waals surface area (Å²) < 4.78 is 5.13. The van der Waals surface area contributed by atoms with Crippen LogP contribution in [-0.4, -0.2) is 29.6 Å². The molecule has 1 aromatic rings. The van der Waals surface area contributed by atoms with Crippen molar-refractivity contribution in [3.63, 3.8) is 0 Å². The minimum Gasteiger partial charge on any atom is -0.478 e. The molecule has 2 N–H and O–H groups in total. The second-order valence-electron chi connectivity index (χ2n) is 4.64. The maximum Gasteiger partial charge on any atom is 0.335 e. The number of rotatable bonds is 5. The van der Waals surface area contributed by atoms with Gasteiger partial charge < -0.3 is 15.2 Å². The highest BCUT2D eigenvalue weighted by Crippen LogP contribution is 2.16. The molecule has 19 heavy (non-hydrogen) atoms. The quantitative estimate of drug-likeness (QED) is 0.626. The van der Waals surface area contributed by atoms with E-state index in [0.717, 1.165) is 25.8 Å². The van der Waals surface area contributed by atoms with Crippen LogP contribution >= 0.6 is 0 Å². The van der Waals surface area contributed by atoms with Crippen molar-refractivity contribution < 1.29 is 19.4 Å². The van der Waals surface area contributed by atoms with Gasteiger partial charge in [-0.15, -0.1) is 0 Å². The zero-order valence-electron chi connectivity index (χ0n) is 10.6. The smallest absolute Gasteiger partial charge is 0.335 e. The topological polar surface area (TPSA) is 75.6 Å². The lowest BCUT2D eigenvalue weighted by molar-refractivity contribution is -0.134. The lowest BCUT2D eigenvalue weighted by Crippen LogP contribution is -2.23. The van der Waals surface area contributed by atoms with E-state index in [1.807, 2.05) is 0 Å². The summed E-state index contributed by atoms with van der Waals surface area (Å²) >= 11 is 0. The average Bonchev–Trinajstić information content (AvgIpc) is 2.90. The Morgan fingerprint density at radius 1 is 1.42 bits per heavy atom. The first-order valence-electron chi connectivity index (χ1n) is 6.42. The first-order chi connectivity index (χ1) is 9.15. The molecule has 102 valence electrons. The Balaban J connectivity index is 1.84. The van der Waals surface area contributed by atoms with Gasteiger partial charge in [-0.1, -0.05) is 6.07 Å². The molecular formula is C14H17NO4. The molecule has 0 bridgehead atoms. The Bertz CT molecular complexity index is 466. The molecule has 5 heteroatoms. The molecule has 0 amide bonds. The Labute approximate surface area is 111 Å². The number of carbonyl (C=O) groups excluding carboxylic acids is 1. The van der Waals surface area contributed by atoms with Crippen LogP contribution in [0.1, 0.15) is 36.0 Å². The van der Waals surface area contributed by atoms with Crippen LogP contribution in [0.4, 0.5) is 0 Å². The monoisotopic (exact) mass is 263 g/mol. The number of ether oxygens (including phenoxy) is 1. The first kappa shape index (κ1) is 13.5. The number of hydrogen-bond donors (Lipinski definition) is 2. The van der Waals surface area contributed by atoms with E-state index in [0.29, 0.717) is 12.5 Å². The van der Waals surface area contributed by atoms with Crippen molar-refractivity contribution in [3.8, 4) is 5.75 Å². The molecule has 1 aliphatic heterocycles. The standard InChI is InChI=1S/C14H17NO4/c16-13(7-6-11-4-2-8-15-11)19-12-5-1-3-10(9-12)14(17)18/h1,3,5,9,11,15H,2,4,6-8H2,(H,17,18). The van der Waals surface area contributed by atoms with Gasteiger partial charge in [-0.25, -0.2) is 4.79 Å². The summed E-state index contributed by atoms with van der Waals surface area (Å²) in [6.07, 6.45) is 3.36. The molecule has 1 unspecified atom stereocenters. The third-order valence-electron chi connectivity index (χ3n) is 3.17. The highest BCUT2D eigenvalue weighted by molar-refractivity contribution is 5.88. The van der Waals surface area contributed by atoms with Crippen molar-refractivity contribution in [1.82, 2.24) is 5.32 Å².